The number of hydrogen-bond donors (Lipinski definition) is 3. The van der Waals surface area contributed by atoms with Gasteiger partial charge in [0.25, 0.3) is 0 Å². The summed E-state index contributed by atoms with van der Waals surface area (Å²) in [4.78, 5) is 0. The average molecular weight is 185 g/mol. The van der Waals surface area contributed by atoms with Crippen molar-refractivity contribution in [1.82, 2.24) is 5.43 Å². The molecule has 4 N–H and O–H groups in total. The van der Waals surface area contributed by atoms with E-state index in [1.165, 1.54) is 0 Å². The molecule has 0 unspecified atom stereocenters. The minimum atomic E-state index is 0.0256. The topological polar surface area (TPSA) is 70.6 Å². The van der Waals surface area contributed by atoms with Gasteiger partial charge >= 0.3 is 0 Å². The predicted molar refractivity (Wildman–Crippen MR) is 51.8 cm³/mol. The van der Waals surface area contributed by atoms with Crippen LogP contribution in [0.2, 0.25) is 0 Å². The van der Waals surface area contributed by atoms with Crippen molar-refractivity contribution in [3.05, 3.63) is 11.6 Å². The lowest BCUT2D eigenvalue weighted by molar-refractivity contribution is 0.337. The van der Waals surface area contributed by atoms with E-state index in [4.69, 9.17) is 10.8 Å². The van der Waals surface area contributed by atoms with Crippen LogP contribution in [-0.4, -0.2) is 22.5 Å². The summed E-state index contributed by atoms with van der Waals surface area (Å²) in [6, 6.07) is 0. The zero-order valence-corrected chi connectivity index (χ0v) is 7.40. The van der Waals surface area contributed by atoms with Crippen LogP contribution < -0.4 is 11.2 Å². The Morgan fingerprint density at radius 1 is 1.83 bits per heavy atom. The number of rotatable bonds is 2. The summed E-state index contributed by atoms with van der Waals surface area (Å²) >= 11 is 4.58. The number of aliphatic hydroxyl groups is 1. The Kier molecular flexibility index (Phi) is 3.19. The Balaban J connectivity index is 2.57. The number of nitrogens with zero attached hydrogens (tertiary/aromatic N) is 1. The Morgan fingerprint density at radius 3 is 3.17 bits per heavy atom. The van der Waals surface area contributed by atoms with Gasteiger partial charge in [-0.3, -0.25) is 5.43 Å². The molecule has 0 saturated heterocycles. The van der Waals surface area contributed by atoms with Crippen LogP contribution in [0.1, 0.15) is 12.8 Å². The van der Waals surface area contributed by atoms with Gasteiger partial charge in [0.15, 0.2) is 5.11 Å². The van der Waals surface area contributed by atoms with E-state index in [0.717, 1.165) is 24.1 Å². The summed E-state index contributed by atoms with van der Waals surface area (Å²) < 4.78 is 0. The summed E-state index contributed by atoms with van der Waals surface area (Å²) in [7, 11) is 0. The lowest BCUT2D eigenvalue weighted by atomic mass is 10.2. The van der Waals surface area contributed by atoms with E-state index in [1.54, 1.807) is 0 Å². The molecule has 0 aromatic heterocycles. The van der Waals surface area contributed by atoms with Crippen molar-refractivity contribution in [3.8, 4) is 0 Å². The van der Waals surface area contributed by atoms with E-state index < -0.39 is 0 Å². The molecule has 0 bridgehead atoms. The highest BCUT2D eigenvalue weighted by Crippen LogP contribution is 2.13. The van der Waals surface area contributed by atoms with Crippen LogP contribution in [0.25, 0.3) is 0 Å². The minimum Gasteiger partial charge on any atom is -0.392 e. The third-order valence-corrected chi connectivity index (χ3v) is 1.71. The van der Waals surface area contributed by atoms with Gasteiger partial charge in [-0.2, -0.15) is 5.10 Å². The Bertz CT molecular complexity index is 247. The fourth-order valence-electron chi connectivity index (χ4n) is 1.07. The van der Waals surface area contributed by atoms with Gasteiger partial charge in [-0.05, 0) is 30.6 Å². The SMILES string of the molecule is NC(=S)NN=C1CCC=C1CO. The Hall–Kier alpha value is -0.940. The third kappa shape index (κ3) is 2.28. The van der Waals surface area contributed by atoms with E-state index in [9.17, 15) is 0 Å². The van der Waals surface area contributed by atoms with Crippen molar-refractivity contribution in [2.45, 2.75) is 12.8 Å². The standard InChI is InChI=1S/C7H11N3OS/c8-7(12)10-9-6-3-1-2-5(6)4-11/h2,11H,1,3-4H2,(H3,8,10,12). The van der Waals surface area contributed by atoms with Crippen molar-refractivity contribution in [3.63, 3.8) is 0 Å². The summed E-state index contributed by atoms with van der Waals surface area (Å²) in [6.07, 6.45) is 3.72. The molecule has 0 aliphatic heterocycles. The summed E-state index contributed by atoms with van der Waals surface area (Å²) in [5.41, 5.74) is 9.38. The van der Waals surface area contributed by atoms with Crippen LogP contribution >= 0.6 is 12.2 Å². The van der Waals surface area contributed by atoms with E-state index >= 15 is 0 Å². The molecule has 4 nitrogen and oxygen atoms in total. The number of hydrazone groups is 1. The van der Waals surface area contributed by atoms with Crippen LogP contribution in [0.3, 0.4) is 0 Å². The molecule has 0 aromatic rings. The van der Waals surface area contributed by atoms with Gasteiger partial charge in [0.05, 0.1) is 12.3 Å². The van der Waals surface area contributed by atoms with Crippen molar-refractivity contribution < 1.29 is 5.11 Å². The van der Waals surface area contributed by atoms with E-state index in [0.29, 0.717) is 0 Å². The number of nitrogens with one attached hydrogen (secondary N) is 1. The van der Waals surface area contributed by atoms with Gasteiger partial charge in [0.2, 0.25) is 0 Å². The molecule has 0 saturated carbocycles. The Labute approximate surface area is 76.1 Å². The highest BCUT2D eigenvalue weighted by atomic mass is 32.1. The maximum absolute atomic E-state index is 8.86. The molecule has 0 atom stereocenters. The normalized spacial score (nSPS) is 19.4. The number of aliphatic hydroxyl groups excluding tert-OH is 1. The van der Waals surface area contributed by atoms with Gasteiger partial charge in [-0.15, -0.1) is 0 Å². The second-order valence-corrected chi connectivity index (χ2v) is 2.90. The first-order valence-electron chi connectivity index (χ1n) is 3.66. The smallest absolute Gasteiger partial charge is 0.184 e. The molecule has 1 aliphatic carbocycles. The molecule has 1 rings (SSSR count). The molecule has 0 amide bonds. The first-order chi connectivity index (χ1) is 5.74. The fraction of sp³-hybridized carbons (Fsp3) is 0.429. The lowest BCUT2D eigenvalue weighted by Crippen LogP contribution is -2.25. The van der Waals surface area contributed by atoms with E-state index in [2.05, 4.69) is 22.7 Å². The molecule has 0 aromatic carbocycles. The fourth-order valence-corrected chi connectivity index (χ4v) is 1.11. The molecule has 66 valence electrons. The quantitative estimate of drug-likeness (QED) is 0.414. The highest BCUT2D eigenvalue weighted by Gasteiger charge is 2.11. The number of thiocarbonyl (C=S) groups is 1. The largest absolute Gasteiger partial charge is 0.392 e. The molecule has 12 heavy (non-hydrogen) atoms. The van der Waals surface area contributed by atoms with E-state index in [-0.39, 0.29) is 11.7 Å². The monoisotopic (exact) mass is 185 g/mol. The zero-order valence-electron chi connectivity index (χ0n) is 6.58. The lowest BCUT2D eigenvalue weighted by Gasteiger charge is -2.01. The van der Waals surface area contributed by atoms with Crippen molar-refractivity contribution in [2.24, 2.45) is 10.8 Å². The van der Waals surface area contributed by atoms with Crippen LogP contribution in [0.15, 0.2) is 16.8 Å². The minimum absolute atomic E-state index is 0.0256. The predicted octanol–water partition coefficient (Wildman–Crippen LogP) is -0.112. The highest BCUT2D eigenvalue weighted by molar-refractivity contribution is 7.80. The second kappa shape index (κ2) is 4.18. The molecule has 0 fully saturated rings. The molecular formula is C7H11N3OS. The third-order valence-electron chi connectivity index (χ3n) is 1.61. The van der Waals surface area contributed by atoms with Gasteiger partial charge in [0.1, 0.15) is 0 Å². The molecule has 0 spiro atoms. The molecule has 0 radical (unpaired) electrons. The maximum Gasteiger partial charge on any atom is 0.184 e. The van der Waals surface area contributed by atoms with Gasteiger partial charge in [-0.1, -0.05) is 6.08 Å². The van der Waals surface area contributed by atoms with Crippen LogP contribution in [0.4, 0.5) is 0 Å². The van der Waals surface area contributed by atoms with Crippen molar-refractivity contribution >= 4 is 23.0 Å². The van der Waals surface area contributed by atoms with Crippen LogP contribution in [0.5, 0.6) is 0 Å². The molecule has 5 heteroatoms. The Morgan fingerprint density at radius 2 is 2.58 bits per heavy atom. The number of nitrogens with two attached hydrogens (primary N) is 1. The van der Waals surface area contributed by atoms with Gasteiger partial charge in [0, 0.05) is 0 Å². The summed E-state index contributed by atoms with van der Waals surface area (Å²) in [5, 5.41) is 13.0. The van der Waals surface area contributed by atoms with Crippen molar-refractivity contribution in [2.75, 3.05) is 6.61 Å². The number of hydrogen-bond acceptors (Lipinski definition) is 3. The first kappa shape index (κ1) is 9.15. The van der Waals surface area contributed by atoms with Crippen LogP contribution in [-0.2, 0) is 0 Å². The zero-order chi connectivity index (χ0) is 8.97. The number of allylic oxidation sites excluding steroid dienone is 1. The summed E-state index contributed by atoms with van der Waals surface area (Å²) in [6.45, 7) is 0.0256. The first-order valence-corrected chi connectivity index (χ1v) is 4.07. The van der Waals surface area contributed by atoms with Crippen LogP contribution in [0, 0.1) is 0 Å². The van der Waals surface area contributed by atoms with E-state index in [1.807, 2.05) is 6.08 Å². The second-order valence-electron chi connectivity index (χ2n) is 2.46. The maximum atomic E-state index is 8.86. The molecule has 1 aliphatic rings. The average Bonchev–Trinajstić information content (AvgIpc) is 2.47. The van der Waals surface area contributed by atoms with Gasteiger partial charge in [-0.25, -0.2) is 0 Å². The van der Waals surface area contributed by atoms with Crippen molar-refractivity contribution in [1.29, 1.82) is 0 Å². The summed E-state index contributed by atoms with van der Waals surface area (Å²) in [5.74, 6) is 0. The molecule has 0 heterocycles. The van der Waals surface area contributed by atoms with Gasteiger partial charge < -0.3 is 10.8 Å². The molecular weight excluding hydrogens is 174 g/mol.